The number of hydrogen-bond acceptors (Lipinski definition) is 5. The summed E-state index contributed by atoms with van der Waals surface area (Å²) in [5.41, 5.74) is 5.27. The number of furan rings is 1. The zero-order valence-corrected chi connectivity index (χ0v) is 10.9. The zero-order chi connectivity index (χ0) is 14.5. The Balaban J connectivity index is 1.90. The van der Waals surface area contributed by atoms with Gasteiger partial charge in [-0.25, -0.2) is 4.79 Å². The summed E-state index contributed by atoms with van der Waals surface area (Å²) < 4.78 is 9.71. The van der Waals surface area contributed by atoms with Crippen LogP contribution >= 0.6 is 0 Å². The van der Waals surface area contributed by atoms with Crippen molar-refractivity contribution >= 4 is 17.8 Å². The lowest BCUT2D eigenvalue weighted by molar-refractivity contribution is -0.143. The molecular weight excluding hydrogens is 264 g/mol. The van der Waals surface area contributed by atoms with Gasteiger partial charge in [-0.1, -0.05) is 0 Å². The molecule has 0 saturated carbocycles. The lowest BCUT2D eigenvalue weighted by atomic mass is 10.0. The average Bonchev–Trinajstić information content (AvgIpc) is 2.98. The number of hydrogen-bond donors (Lipinski definition) is 1. The Bertz CT molecular complexity index is 497. The quantitative estimate of drug-likeness (QED) is 0.799. The van der Waals surface area contributed by atoms with Crippen molar-refractivity contribution in [1.82, 2.24) is 4.90 Å². The number of likely N-dealkylation sites (tertiary alicyclic amines) is 1. The van der Waals surface area contributed by atoms with Gasteiger partial charge >= 0.3 is 5.97 Å². The third-order valence-corrected chi connectivity index (χ3v) is 3.20. The number of rotatable bonds is 4. The van der Waals surface area contributed by atoms with Crippen molar-refractivity contribution < 1.29 is 23.5 Å². The highest BCUT2D eigenvalue weighted by molar-refractivity contribution is 5.90. The highest BCUT2D eigenvalue weighted by Gasteiger charge is 2.31. The Hall–Kier alpha value is -2.31. The van der Waals surface area contributed by atoms with Crippen LogP contribution < -0.4 is 5.73 Å². The summed E-state index contributed by atoms with van der Waals surface area (Å²) in [6, 6.07) is 2.38. The normalized spacial score (nSPS) is 18.6. The van der Waals surface area contributed by atoms with E-state index in [0.29, 0.717) is 13.0 Å². The zero-order valence-electron chi connectivity index (χ0n) is 10.9. The topological polar surface area (TPSA) is 103 Å². The van der Waals surface area contributed by atoms with Crippen LogP contribution in [0.2, 0.25) is 0 Å². The Kier molecular flexibility index (Phi) is 4.39. The molecule has 1 aromatic heterocycles. The van der Waals surface area contributed by atoms with Gasteiger partial charge in [-0.2, -0.15) is 0 Å². The van der Waals surface area contributed by atoms with Crippen LogP contribution in [0.3, 0.4) is 0 Å². The van der Waals surface area contributed by atoms with Crippen LogP contribution in [0.1, 0.15) is 29.8 Å². The van der Waals surface area contributed by atoms with Crippen molar-refractivity contribution in [3.8, 4) is 0 Å². The van der Waals surface area contributed by atoms with Crippen LogP contribution in [0.15, 0.2) is 22.8 Å². The number of nitrogens with zero attached hydrogens (tertiary/aromatic N) is 1. The molecule has 0 aliphatic carbocycles. The third-order valence-electron chi connectivity index (χ3n) is 3.20. The minimum atomic E-state index is -0.712. The Morgan fingerprint density at radius 1 is 1.40 bits per heavy atom. The monoisotopic (exact) mass is 280 g/mol. The lowest BCUT2D eigenvalue weighted by Crippen LogP contribution is -2.51. The smallest absolute Gasteiger partial charge is 0.374 e. The molecule has 2 amide bonds. The molecule has 108 valence electrons. The van der Waals surface area contributed by atoms with E-state index < -0.39 is 30.4 Å². The van der Waals surface area contributed by atoms with Gasteiger partial charge in [-0.05, 0) is 31.4 Å². The molecule has 0 spiro atoms. The number of esters is 1. The molecule has 2 N–H and O–H groups in total. The fourth-order valence-corrected chi connectivity index (χ4v) is 2.20. The Morgan fingerprint density at radius 2 is 2.20 bits per heavy atom. The van der Waals surface area contributed by atoms with E-state index in [9.17, 15) is 14.4 Å². The molecule has 1 saturated heterocycles. The van der Waals surface area contributed by atoms with Gasteiger partial charge in [0.25, 0.3) is 5.91 Å². The molecule has 1 fully saturated rings. The van der Waals surface area contributed by atoms with Gasteiger partial charge in [0.05, 0.1) is 6.26 Å². The second-order valence-corrected chi connectivity index (χ2v) is 4.55. The van der Waals surface area contributed by atoms with Crippen molar-refractivity contribution in [3.63, 3.8) is 0 Å². The summed E-state index contributed by atoms with van der Waals surface area (Å²) in [7, 11) is 0. The maximum absolute atomic E-state index is 12.0. The molecule has 20 heavy (non-hydrogen) atoms. The number of amides is 2. The van der Waals surface area contributed by atoms with Crippen LogP contribution in [0.4, 0.5) is 0 Å². The largest absolute Gasteiger partial charge is 0.457 e. The molecule has 1 unspecified atom stereocenters. The first-order valence-corrected chi connectivity index (χ1v) is 6.39. The van der Waals surface area contributed by atoms with Crippen LogP contribution in [-0.4, -0.2) is 41.9 Å². The van der Waals surface area contributed by atoms with Crippen molar-refractivity contribution in [2.75, 3.05) is 13.2 Å². The van der Waals surface area contributed by atoms with E-state index in [4.69, 9.17) is 14.9 Å². The summed E-state index contributed by atoms with van der Waals surface area (Å²) in [4.78, 5) is 36.2. The fourth-order valence-electron chi connectivity index (χ4n) is 2.20. The van der Waals surface area contributed by atoms with Crippen molar-refractivity contribution in [2.24, 2.45) is 5.73 Å². The molecule has 0 aromatic carbocycles. The number of nitrogens with two attached hydrogens (primary N) is 1. The molecule has 7 heteroatoms. The van der Waals surface area contributed by atoms with Crippen LogP contribution in [0, 0.1) is 0 Å². The van der Waals surface area contributed by atoms with Crippen LogP contribution in [0.25, 0.3) is 0 Å². The summed E-state index contributed by atoms with van der Waals surface area (Å²) in [6.45, 7) is 0.0219. The van der Waals surface area contributed by atoms with Gasteiger partial charge in [0.2, 0.25) is 11.7 Å². The molecule has 7 nitrogen and oxygen atoms in total. The minimum absolute atomic E-state index is 0.0305. The number of primary amides is 1. The first-order valence-electron chi connectivity index (χ1n) is 6.39. The minimum Gasteiger partial charge on any atom is -0.457 e. The van der Waals surface area contributed by atoms with Gasteiger partial charge in [0.1, 0.15) is 6.04 Å². The number of carbonyl (C=O) groups excluding carboxylic acids is 3. The molecular formula is C13H16N2O5. The average molecular weight is 280 g/mol. The maximum Gasteiger partial charge on any atom is 0.374 e. The molecule has 0 bridgehead atoms. The van der Waals surface area contributed by atoms with E-state index in [1.165, 1.54) is 17.2 Å². The molecule has 2 heterocycles. The summed E-state index contributed by atoms with van der Waals surface area (Å²) in [5, 5.41) is 0. The van der Waals surface area contributed by atoms with E-state index in [0.717, 1.165) is 12.8 Å². The van der Waals surface area contributed by atoms with Gasteiger partial charge in [-0.15, -0.1) is 0 Å². The van der Waals surface area contributed by atoms with Gasteiger partial charge in [0.15, 0.2) is 6.61 Å². The van der Waals surface area contributed by atoms with Crippen LogP contribution in [0.5, 0.6) is 0 Å². The highest BCUT2D eigenvalue weighted by Crippen LogP contribution is 2.17. The molecule has 1 aromatic rings. The van der Waals surface area contributed by atoms with Gasteiger partial charge in [0, 0.05) is 6.54 Å². The third kappa shape index (κ3) is 3.17. The standard InChI is InChI=1S/C13H16N2O5/c14-12(17)9-4-1-2-6-15(9)11(16)8-20-13(18)10-5-3-7-19-10/h3,5,7,9H,1-2,4,6,8H2,(H2,14,17). The number of piperidine rings is 1. The Labute approximate surface area is 115 Å². The summed E-state index contributed by atoms with van der Waals surface area (Å²) >= 11 is 0. The first kappa shape index (κ1) is 14.1. The van der Waals surface area contributed by atoms with E-state index in [1.54, 1.807) is 6.07 Å². The van der Waals surface area contributed by atoms with Gasteiger partial charge < -0.3 is 19.8 Å². The lowest BCUT2D eigenvalue weighted by Gasteiger charge is -2.33. The van der Waals surface area contributed by atoms with Crippen LogP contribution in [-0.2, 0) is 14.3 Å². The van der Waals surface area contributed by atoms with E-state index in [-0.39, 0.29) is 5.76 Å². The highest BCUT2D eigenvalue weighted by atomic mass is 16.5. The van der Waals surface area contributed by atoms with Gasteiger partial charge in [-0.3, -0.25) is 9.59 Å². The molecule has 2 rings (SSSR count). The second kappa shape index (κ2) is 6.23. The molecule has 0 radical (unpaired) electrons. The van der Waals surface area contributed by atoms with Crippen molar-refractivity contribution in [2.45, 2.75) is 25.3 Å². The Morgan fingerprint density at radius 3 is 2.85 bits per heavy atom. The SMILES string of the molecule is NC(=O)C1CCCCN1C(=O)COC(=O)c1ccco1. The predicted octanol–water partition coefficient (Wildman–Crippen LogP) is 0.303. The predicted molar refractivity (Wildman–Crippen MR) is 67.5 cm³/mol. The molecule has 1 aliphatic rings. The van der Waals surface area contributed by atoms with Crippen molar-refractivity contribution in [3.05, 3.63) is 24.2 Å². The molecule has 1 aliphatic heterocycles. The maximum atomic E-state index is 12.0. The first-order chi connectivity index (χ1) is 9.59. The van der Waals surface area contributed by atoms with E-state index in [2.05, 4.69) is 0 Å². The molecule has 1 atom stereocenters. The summed E-state index contributed by atoms with van der Waals surface area (Å²) in [6.07, 6.45) is 3.55. The fraction of sp³-hybridized carbons (Fsp3) is 0.462. The second-order valence-electron chi connectivity index (χ2n) is 4.55. The van der Waals surface area contributed by atoms with Crippen molar-refractivity contribution in [1.29, 1.82) is 0 Å². The number of ether oxygens (including phenoxy) is 1. The number of carbonyl (C=O) groups is 3. The van der Waals surface area contributed by atoms with E-state index >= 15 is 0 Å². The van der Waals surface area contributed by atoms with E-state index in [1.807, 2.05) is 0 Å². The summed E-state index contributed by atoms with van der Waals surface area (Å²) in [5.74, 6) is -1.64.